The molecule has 1 aliphatic heterocycles. The molecule has 0 bridgehead atoms. The number of hydrogen-bond donors (Lipinski definition) is 0. The summed E-state index contributed by atoms with van der Waals surface area (Å²) in [6, 6.07) is 14.0. The van der Waals surface area contributed by atoms with Gasteiger partial charge in [-0.15, -0.1) is 22.7 Å². The molecule has 0 saturated carbocycles. The molecule has 0 atom stereocenters. The first kappa shape index (κ1) is 27.3. The van der Waals surface area contributed by atoms with Crippen LogP contribution in [-0.2, 0) is 4.74 Å². The lowest BCUT2D eigenvalue weighted by Gasteiger charge is -2.20. The van der Waals surface area contributed by atoms with Crippen LogP contribution in [0.15, 0.2) is 65.2 Å². The minimum Gasteiger partial charge on any atom is -0.480 e. The van der Waals surface area contributed by atoms with Crippen LogP contribution in [0.25, 0.3) is 30.4 Å². The first-order valence-corrected chi connectivity index (χ1v) is 13.5. The molecule has 3 aromatic rings. The average molecular weight is 549 g/mol. The van der Waals surface area contributed by atoms with Crippen molar-refractivity contribution < 1.29 is 4.74 Å². The minimum absolute atomic E-state index is 0.0288. The van der Waals surface area contributed by atoms with E-state index in [1.165, 1.54) is 11.3 Å². The van der Waals surface area contributed by atoms with Crippen molar-refractivity contribution in [2.75, 3.05) is 19.0 Å². The number of hydrogen-bond acceptors (Lipinski definition) is 9. The molecule has 0 amide bonds. The molecule has 0 unspecified atom stereocenters. The maximum atomic E-state index is 9.68. The van der Waals surface area contributed by atoms with Gasteiger partial charge in [-0.2, -0.15) is 15.8 Å². The predicted octanol–water partition coefficient (Wildman–Crippen LogP) is 6.95. The number of benzene rings is 1. The molecule has 4 rings (SSSR count). The van der Waals surface area contributed by atoms with Gasteiger partial charge in [0.2, 0.25) is 0 Å². The van der Waals surface area contributed by atoms with Gasteiger partial charge in [-0.05, 0) is 55.8 Å². The molecule has 2 aromatic heterocycles. The summed E-state index contributed by atoms with van der Waals surface area (Å²) in [6.45, 7) is 3.59. The van der Waals surface area contributed by atoms with Gasteiger partial charge in [-0.25, -0.2) is 9.97 Å². The van der Waals surface area contributed by atoms with Gasteiger partial charge >= 0.3 is 0 Å². The fraction of sp³-hybridized carbons (Fsp3) is 0.167. The minimum atomic E-state index is -0.850. The second kappa shape index (κ2) is 11.8. The highest BCUT2D eigenvalue weighted by atomic mass is 32.1. The summed E-state index contributed by atoms with van der Waals surface area (Å²) in [6.07, 6.45) is 15.2. The Kier molecular flexibility index (Phi) is 8.22. The van der Waals surface area contributed by atoms with E-state index in [1.807, 2.05) is 44.6 Å². The molecule has 0 saturated heterocycles. The number of anilines is 1. The van der Waals surface area contributed by atoms with Crippen LogP contribution in [-0.4, -0.2) is 29.7 Å². The van der Waals surface area contributed by atoms with Crippen LogP contribution in [0.2, 0.25) is 0 Å². The predicted molar refractivity (Wildman–Crippen MR) is 158 cm³/mol. The van der Waals surface area contributed by atoms with Crippen molar-refractivity contribution >= 4 is 58.7 Å². The second-order valence-corrected chi connectivity index (χ2v) is 11.3. The topological polar surface area (TPSA) is 110 Å². The average Bonchev–Trinajstić information content (AvgIpc) is 3.63. The molecule has 1 aliphatic rings. The third-order valence-electron chi connectivity index (χ3n) is 5.78. The van der Waals surface area contributed by atoms with E-state index in [1.54, 1.807) is 49.6 Å². The normalized spacial score (nSPS) is 14.5. The fourth-order valence-corrected chi connectivity index (χ4v) is 5.21. The number of thiazole rings is 2. The number of rotatable bonds is 7. The summed E-state index contributed by atoms with van der Waals surface area (Å²) in [5.41, 5.74) is 2.01. The molecule has 0 fully saturated rings. The van der Waals surface area contributed by atoms with E-state index in [4.69, 9.17) is 4.74 Å². The number of allylic oxidation sites excluding steroid dienone is 2. The van der Waals surface area contributed by atoms with Crippen molar-refractivity contribution in [2.24, 2.45) is 0 Å². The number of nitriles is 3. The first-order valence-electron chi connectivity index (χ1n) is 11.9. The molecule has 9 heteroatoms. The summed E-state index contributed by atoms with van der Waals surface area (Å²) in [4.78, 5) is 12.9. The summed E-state index contributed by atoms with van der Waals surface area (Å²) in [5.74, 6) is 0.0288. The molecular formula is C30H24N6OS2. The Bertz CT molecular complexity index is 1640. The molecule has 3 heterocycles. The van der Waals surface area contributed by atoms with Crippen LogP contribution >= 0.6 is 22.7 Å². The molecule has 192 valence electrons. The third kappa shape index (κ3) is 6.40. The lowest BCUT2D eigenvalue weighted by molar-refractivity contribution is 0.0954. The van der Waals surface area contributed by atoms with E-state index in [0.29, 0.717) is 5.57 Å². The van der Waals surface area contributed by atoms with Crippen molar-refractivity contribution in [3.63, 3.8) is 0 Å². The molecule has 0 N–H and O–H groups in total. The Morgan fingerprint density at radius 2 is 1.41 bits per heavy atom. The van der Waals surface area contributed by atoms with Gasteiger partial charge in [0, 0.05) is 47.5 Å². The standard InChI is InChI=1S/C30H24N6OS2/c1-30(2)26(25(17-33)29(37-30)21(15-31)16-32)12-10-23-18-35-28(38-23)14-11-24-19-34-27(39-24)13-7-20-5-8-22(9-6-20)36(3)4/h5-14,18-19H,1-4H3/b12-10+,13-7+,14-11+. The van der Waals surface area contributed by atoms with Crippen molar-refractivity contribution in [3.8, 4) is 18.2 Å². The van der Waals surface area contributed by atoms with Crippen molar-refractivity contribution in [3.05, 3.63) is 90.5 Å². The van der Waals surface area contributed by atoms with Gasteiger partial charge in [-0.3, -0.25) is 0 Å². The van der Waals surface area contributed by atoms with Crippen LogP contribution in [0.3, 0.4) is 0 Å². The number of ether oxygens (including phenoxy) is 1. The summed E-state index contributed by atoms with van der Waals surface area (Å²) in [5, 5.41) is 29.9. The smallest absolute Gasteiger partial charge is 0.172 e. The Morgan fingerprint density at radius 3 is 1.95 bits per heavy atom. The van der Waals surface area contributed by atoms with Crippen LogP contribution in [0, 0.1) is 34.0 Å². The number of aromatic nitrogens is 2. The summed E-state index contributed by atoms with van der Waals surface area (Å²) < 4.78 is 5.80. The van der Waals surface area contributed by atoms with E-state index in [2.05, 4.69) is 51.3 Å². The zero-order valence-corrected chi connectivity index (χ0v) is 23.5. The van der Waals surface area contributed by atoms with Crippen LogP contribution in [0.1, 0.15) is 39.2 Å². The lowest BCUT2D eigenvalue weighted by Crippen LogP contribution is -2.20. The fourth-order valence-electron chi connectivity index (χ4n) is 3.76. The molecule has 1 aromatic carbocycles. The second-order valence-electron chi connectivity index (χ2n) is 9.13. The van der Waals surface area contributed by atoms with E-state index in [-0.39, 0.29) is 16.9 Å². The molecule has 0 aliphatic carbocycles. The Labute approximate surface area is 235 Å². The van der Waals surface area contributed by atoms with E-state index in [0.717, 1.165) is 31.0 Å². The van der Waals surface area contributed by atoms with Crippen molar-refractivity contribution in [2.45, 2.75) is 19.4 Å². The molecule has 0 spiro atoms. The van der Waals surface area contributed by atoms with Crippen molar-refractivity contribution in [1.29, 1.82) is 15.8 Å². The maximum Gasteiger partial charge on any atom is 0.172 e. The molecule has 7 nitrogen and oxygen atoms in total. The largest absolute Gasteiger partial charge is 0.480 e. The zero-order chi connectivity index (χ0) is 28.0. The van der Waals surface area contributed by atoms with Crippen LogP contribution in [0.4, 0.5) is 5.69 Å². The number of nitrogens with zero attached hydrogens (tertiary/aromatic N) is 6. The third-order valence-corrected chi connectivity index (χ3v) is 7.64. The SMILES string of the molecule is CN(C)c1ccc(/C=C/c2ncc(/C=C/c3ncc(/C=C/C4=C(C#N)C(=C(C#N)C#N)OC4(C)C)s3)s2)cc1. The summed E-state index contributed by atoms with van der Waals surface area (Å²) in [7, 11) is 4.04. The molecule has 0 radical (unpaired) electrons. The monoisotopic (exact) mass is 548 g/mol. The highest BCUT2D eigenvalue weighted by Crippen LogP contribution is 2.40. The van der Waals surface area contributed by atoms with Gasteiger partial charge in [-0.1, -0.05) is 24.3 Å². The highest BCUT2D eigenvalue weighted by molar-refractivity contribution is 7.14. The first-order chi connectivity index (χ1) is 18.7. The Morgan fingerprint density at radius 1 is 0.846 bits per heavy atom. The van der Waals surface area contributed by atoms with Crippen LogP contribution in [0.5, 0.6) is 0 Å². The van der Waals surface area contributed by atoms with Crippen LogP contribution < -0.4 is 4.90 Å². The maximum absolute atomic E-state index is 9.68. The van der Waals surface area contributed by atoms with E-state index < -0.39 is 5.60 Å². The van der Waals surface area contributed by atoms with Gasteiger partial charge in [0.25, 0.3) is 0 Å². The highest BCUT2D eigenvalue weighted by Gasteiger charge is 2.38. The Balaban J connectivity index is 1.45. The summed E-state index contributed by atoms with van der Waals surface area (Å²) >= 11 is 3.09. The van der Waals surface area contributed by atoms with E-state index >= 15 is 0 Å². The lowest BCUT2D eigenvalue weighted by atomic mass is 9.94. The van der Waals surface area contributed by atoms with E-state index in [9.17, 15) is 15.8 Å². The molecule has 39 heavy (non-hydrogen) atoms. The molecular weight excluding hydrogens is 525 g/mol. The zero-order valence-electron chi connectivity index (χ0n) is 21.8. The quantitative estimate of drug-likeness (QED) is 0.294. The van der Waals surface area contributed by atoms with Crippen molar-refractivity contribution in [1.82, 2.24) is 9.97 Å². The van der Waals surface area contributed by atoms with Gasteiger partial charge in [0.05, 0.1) is 0 Å². The van der Waals surface area contributed by atoms with Gasteiger partial charge < -0.3 is 9.64 Å². The Hall–Kier alpha value is -4.75. The van der Waals surface area contributed by atoms with Gasteiger partial charge in [0.1, 0.15) is 39.4 Å². The van der Waals surface area contributed by atoms with Gasteiger partial charge in [0.15, 0.2) is 11.3 Å².